The van der Waals surface area contributed by atoms with Crippen LogP contribution in [0.5, 0.6) is 0 Å². The van der Waals surface area contributed by atoms with E-state index in [-0.39, 0.29) is 6.04 Å². The summed E-state index contributed by atoms with van der Waals surface area (Å²) in [6.45, 7) is 0.706. The van der Waals surface area contributed by atoms with Crippen molar-refractivity contribution in [1.29, 1.82) is 5.26 Å². The van der Waals surface area contributed by atoms with Crippen LogP contribution in [0.3, 0.4) is 0 Å². The molecule has 0 radical (unpaired) electrons. The third-order valence-corrected chi connectivity index (χ3v) is 4.04. The Labute approximate surface area is 131 Å². The van der Waals surface area contributed by atoms with Gasteiger partial charge in [0.25, 0.3) is 0 Å². The fraction of sp³-hybridized carbons (Fsp3) is 0.188. The lowest BCUT2D eigenvalue weighted by Crippen LogP contribution is -2.23. The second-order valence-electron chi connectivity index (χ2n) is 5.06. The summed E-state index contributed by atoms with van der Waals surface area (Å²) in [6, 6.07) is 15.3. The van der Waals surface area contributed by atoms with E-state index in [0.717, 1.165) is 26.4 Å². The van der Waals surface area contributed by atoms with Crippen molar-refractivity contribution in [3.8, 4) is 6.07 Å². The monoisotopic (exact) mass is 342 g/mol. The molecular formula is C16H13BrN3O-. The number of nitrogens with one attached hydrogen (secondary N) is 1. The normalized spacial score (nSPS) is 18.2. The highest BCUT2D eigenvalue weighted by molar-refractivity contribution is 9.10. The summed E-state index contributed by atoms with van der Waals surface area (Å²) in [7, 11) is 0. The lowest BCUT2D eigenvalue weighted by Gasteiger charge is -2.29. The Morgan fingerprint density at radius 3 is 2.95 bits per heavy atom. The predicted molar refractivity (Wildman–Crippen MR) is 85.4 cm³/mol. The Morgan fingerprint density at radius 1 is 1.29 bits per heavy atom. The van der Waals surface area contributed by atoms with Gasteiger partial charge in [-0.25, -0.2) is 0 Å². The smallest absolute Gasteiger partial charge is 0.0991 e. The lowest BCUT2D eigenvalue weighted by molar-refractivity contribution is 0.362. The number of anilines is 1. The van der Waals surface area contributed by atoms with Crippen LogP contribution in [0.4, 0.5) is 5.69 Å². The van der Waals surface area contributed by atoms with E-state index in [1.807, 2.05) is 36.4 Å². The molecule has 4 nitrogen and oxygen atoms in total. The molecule has 0 bridgehead atoms. The first kappa shape index (κ1) is 14.1. The number of fused-ring (bicyclic) bond motifs is 1. The Kier molecular flexibility index (Phi) is 3.93. The SMILES string of the molecule is N#Cc1cccc(C2CN([O-])Cc3cc(Br)ccc3N2)c1. The van der Waals surface area contributed by atoms with Gasteiger partial charge in [0.05, 0.1) is 17.7 Å². The van der Waals surface area contributed by atoms with E-state index >= 15 is 0 Å². The van der Waals surface area contributed by atoms with Crippen molar-refractivity contribution in [1.82, 2.24) is 5.06 Å². The van der Waals surface area contributed by atoms with Crippen LogP contribution >= 0.6 is 15.9 Å². The van der Waals surface area contributed by atoms with Crippen LogP contribution in [0, 0.1) is 16.5 Å². The molecule has 1 heterocycles. The van der Waals surface area contributed by atoms with Crippen LogP contribution in [0.2, 0.25) is 0 Å². The molecule has 1 aliphatic rings. The van der Waals surface area contributed by atoms with Crippen molar-refractivity contribution >= 4 is 21.6 Å². The van der Waals surface area contributed by atoms with Crippen LogP contribution < -0.4 is 5.32 Å². The number of hydrogen-bond acceptors (Lipinski definition) is 4. The molecule has 0 saturated carbocycles. The number of halogens is 1. The van der Waals surface area contributed by atoms with E-state index in [0.29, 0.717) is 18.7 Å². The van der Waals surface area contributed by atoms with Crippen LogP contribution in [0.15, 0.2) is 46.9 Å². The molecule has 3 rings (SSSR count). The summed E-state index contributed by atoms with van der Waals surface area (Å²) < 4.78 is 0.960. The van der Waals surface area contributed by atoms with Gasteiger partial charge in [-0.2, -0.15) is 5.26 Å². The average Bonchev–Trinajstić information content (AvgIpc) is 2.65. The van der Waals surface area contributed by atoms with Crippen LogP contribution in [-0.2, 0) is 6.54 Å². The van der Waals surface area contributed by atoms with Gasteiger partial charge in [-0.15, -0.1) is 0 Å². The van der Waals surface area contributed by atoms with Gasteiger partial charge in [-0.1, -0.05) is 28.1 Å². The second-order valence-corrected chi connectivity index (χ2v) is 5.97. The average molecular weight is 343 g/mol. The third-order valence-electron chi connectivity index (χ3n) is 3.55. The van der Waals surface area contributed by atoms with Crippen LogP contribution in [0.1, 0.15) is 22.7 Å². The van der Waals surface area contributed by atoms with Crippen molar-refractivity contribution < 1.29 is 0 Å². The highest BCUT2D eigenvalue weighted by atomic mass is 79.9. The molecule has 1 atom stereocenters. The Balaban J connectivity index is 1.97. The minimum Gasteiger partial charge on any atom is -0.785 e. The van der Waals surface area contributed by atoms with Gasteiger partial charge in [0.1, 0.15) is 0 Å². The van der Waals surface area contributed by atoms with Crippen molar-refractivity contribution in [3.05, 3.63) is 68.8 Å². The van der Waals surface area contributed by atoms with Gasteiger partial charge in [-0.3, -0.25) is 0 Å². The molecule has 1 unspecified atom stereocenters. The van der Waals surface area contributed by atoms with Crippen molar-refractivity contribution in [2.24, 2.45) is 0 Å². The summed E-state index contributed by atoms with van der Waals surface area (Å²) >= 11 is 3.43. The van der Waals surface area contributed by atoms with Crippen LogP contribution in [0.25, 0.3) is 0 Å². The predicted octanol–water partition coefficient (Wildman–Crippen LogP) is 3.79. The zero-order valence-corrected chi connectivity index (χ0v) is 12.8. The van der Waals surface area contributed by atoms with Gasteiger partial charge in [0.2, 0.25) is 0 Å². The molecule has 21 heavy (non-hydrogen) atoms. The molecular weight excluding hydrogens is 330 g/mol. The van der Waals surface area contributed by atoms with Gasteiger partial charge in [0, 0.05) is 23.2 Å². The zero-order valence-electron chi connectivity index (χ0n) is 11.2. The summed E-state index contributed by atoms with van der Waals surface area (Å²) in [5, 5.41) is 25.6. The van der Waals surface area contributed by atoms with Gasteiger partial charge < -0.3 is 15.6 Å². The maximum Gasteiger partial charge on any atom is 0.0991 e. The van der Waals surface area contributed by atoms with E-state index < -0.39 is 0 Å². The topological polar surface area (TPSA) is 62.1 Å². The first-order valence-corrected chi connectivity index (χ1v) is 7.42. The first-order valence-electron chi connectivity index (χ1n) is 6.63. The zero-order chi connectivity index (χ0) is 14.8. The molecule has 2 aromatic carbocycles. The molecule has 1 aliphatic heterocycles. The molecule has 0 spiro atoms. The second kappa shape index (κ2) is 5.86. The summed E-state index contributed by atoms with van der Waals surface area (Å²) in [5.41, 5.74) is 3.49. The van der Waals surface area contributed by atoms with Gasteiger partial charge in [0.15, 0.2) is 0 Å². The molecule has 2 aromatic rings. The minimum atomic E-state index is -0.127. The van der Waals surface area contributed by atoms with E-state index in [1.54, 1.807) is 6.07 Å². The lowest BCUT2D eigenvalue weighted by atomic mass is 10.0. The summed E-state index contributed by atoms with van der Waals surface area (Å²) in [5.74, 6) is 0. The minimum absolute atomic E-state index is 0.127. The quantitative estimate of drug-likeness (QED) is 0.856. The summed E-state index contributed by atoms with van der Waals surface area (Å²) in [6.07, 6.45) is 0. The molecule has 0 fully saturated rings. The maximum atomic E-state index is 12.1. The van der Waals surface area contributed by atoms with Gasteiger partial charge in [-0.05, 0) is 41.5 Å². The van der Waals surface area contributed by atoms with Gasteiger partial charge >= 0.3 is 0 Å². The molecule has 1 N–H and O–H groups in total. The standard InChI is InChI=1S/C16H13BrN3O/c17-14-4-5-15-13(7-14)9-20(21)10-16(19-15)12-3-1-2-11(6-12)8-18/h1-7,16,19H,9-10H2/q-1. The first-order chi connectivity index (χ1) is 10.2. The van der Waals surface area contributed by atoms with Crippen molar-refractivity contribution in [3.63, 3.8) is 0 Å². The Hall–Kier alpha value is -1.87. The molecule has 0 aliphatic carbocycles. The molecule has 0 aromatic heterocycles. The maximum absolute atomic E-state index is 12.1. The number of hydrogen-bond donors (Lipinski definition) is 1. The van der Waals surface area contributed by atoms with E-state index in [4.69, 9.17) is 5.26 Å². The highest BCUT2D eigenvalue weighted by Crippen LogP contribution is 2.30. The summed E-state index contributed by atoms with van der Waals surface area (Å²) in [4.78, 5) is 0. The number of rotatable bonds is 1. The number of nitrogens with zero attached hydrogens (tertiary/aromatic N) is 2. The van der Waals surface area contributed by atoms with E-state index in [9.17, 15) is 5.21 Å². The van der Waals surface area contributed by atoms with E-state index in [2.05, 4.69) is 27.3 Å². The highest BCUT2D eigenvalue weighted by Gasteiger charge is 2.18. The molecule has 0 amide bonds. The van der Waals surface area contributed by atoms with E-state index in [1.165, 1.54) is 0 Å². The number of hydroxylamine groups is 2. The number of benzene rings is 2. The fourth-order valence-corrected chi connectivity index (χ4v) is 2.95. The molecule has 106 valence electrons. The molecule has 0 saturated heterocycles. The third kappa shape index (κ3) is 3.08. The Morgan fingerprint density at radius 2 is 2.14 bits per heavy atom. The fourth-order valence-electron chi connectivity index (χ4n) is 2.54. The van der Waals surface area contributed by atoms with Crippen LogP contribution in [-0.4, -0.2) is 11.6 Å². The molecule has 5 heteroatoms. The largest absolute Gasteiger partial charge is 0.785 e. The Bertz CT molecular complexity index is 711. The van der Waals surface area contributed by atoms with Crippen molar-refractivity contribution in [2.75, 3.05) is 11.9 Å². The van der Waals surface area contributed by atoms with Crippen molar-refractivity contribution in [2.45, 2.75) is 12.6 Å². The number of nitriles is 1.